The molecule has 0 radical (unpaired) electrons. The summed E-state index contributed by atoms with van der Waals surface area (Å²) < 4.78 is 5.48. The van der Waals surface area contributed by atoms with Gasteiger partial charge in [-0.15, -0.1) is 0 Å². The summed E-state index contributed by atoms with van der Waals surface area (Å²) in [7, 11) is 0. The molecule has 3 N–H and O–H groups in total. The van der Waals surface area contributed by atoms with E-state index in [2.05, 4.69) is 0 Å². The average molecular weight is 244 g/mol. The van der Waals surface area contributed by atoms with Crippen molar-refractivity contribution in [3.8, 4) is 0 Å². The van der Waals surface area contributed by atoms with Crippen LogP contribution in [0, 0.1) is 0 Å². The predicted octanol–water partition coefficient (Wildman–Crippen LogP) is 2.68. The zero-order chi connectivity index (χ0) is 11.7. The first-order valence-electron chi connectivity index (χ1n) is 5.37. The molecule has 0 aliphatic heterocycles. The lowest BCUT2D eigenvalue weighted by Gasteiger charge is -2.06. The van der Waals surface area contributed by atoms with Crippen molar-refractivity contribution in [1.29, 1.82) is 0 Å². The number of furan rings is 1. The Labute approximate surface area is 98.4 Å². The Kier molecular flexibility index (Phi) is 3.21. The molecule has 16 heavy (non-hydrogen) atoms. The zero-order valence-electron chi connectivity index (χ0n) is 8.78. The first-order valence-corrected chi connectivity index (χ1v) is 5.75. The summed E-state index contributed by atoms with van der Waals surface area (Å²) in [6.07, 6.45) is 4.44. The molecule has 1 atom stereocenters. The molecule has 1 aromatic heterocycles. The first-order chi connectivity index (χ1) is 7.59. The molecule has 0 saturated heterocycles. The van der Waals surface area contributed by atoms with Crippen molar-refractivity contribution in [2.45, 2.75) is 37.6 Å². The van der Waals surface area contributed by atoms with Crippen molar-refractivity contribution >= 4 is 17.6 Å². The van der Waals surface area contributed by atoms with Crippen LogP contribution in [-0.4, -0.2) is 11.1 Å². The second-order valence-electron chi connectivity index (χ2n) is 4.16. The minimum atomic E-state index is -1.13. The van der Waals surface area contributed by atoms with Gasteiger partial charge in [0.05, 0.1) is 5.02 Å². The Morgan fingerprint density at radius 2 is 2.19 bits per heavy atom. The molecule has 4 nitrogen and oxygen atoms in total. The molecule has 1 heterocycles. The van der Waals surface area contributed by atoms with Gasteiger partial charge >= 0.3 is 5.97 Å². The SMILES string of the molecule is NC(C(=O)O)c1cc(Cl)c(C2CCCC2)o1. The fourth-order valence-corrected chi connectivity index (χ4v) is 2.44. The van der Waals surface area contributed by atoms with Crippen molar-refractivity contribution in [2.75, 3.05) is 0 Å². The standard InChI is InChI=1S/C11H14ClNO3/c12-7-5-8(9(13)11(14)15)16-10(7)6-3-1-2-4-6/h5-6,9H,1-4,13H2,(H,14,15). The summed E-state index contributed by atoms with van der Waals surface area (Å²) in [6, 6.07) is 0.390. The molecule has 0 aromatic carbocycles. The quantitative estimate of drug-likeness (QED) is 0.856. The number of hydrogen-bond donors (Lipinski definition) is 2. The summed E-state index contributed by atoms with van der Waals surface area (Å²) >= 11 is 6.03. The van der Waals surface area contributed by atoms with E-state index in [0.717, 1.165) is 12.8 Å². The minimum absolute atomic E-state index is 0.236. The Morgan fingerprint density at radius 1 is 1.56 bits per heavy atom. The van der Waals surface area contributed by atoms with Crippen molar-refractivity contribution < 1.29 is 14.3 Å². The van der Waals surface area contributed by atoms with Crippen LogP contribution in [0.4, 0.5) is 0 Å². The minimum Gasteiger partial charge on any atom is -0.480 e. The van der Waals surface area contributed by atoms with Crippen LogP contribution in [0.25, 0.3) is 0 Å². The lowest BCUT2D eigenvalue weighted by atomic mass is 10.1. The van der Waals surface area contributed by atoms with Gasteiger partial charge < -0.3 is 15.3 Å². The van der Waals surface area contributed by atoms with Crippen molar-refractivity contribution in [1.82, 2.24) is 0 Å². The Balaban J connectivity index is 2.24. The molecule has 2 rings (SSSR count). The number of rotatable bonds is 3. The monoisotopic (exact) mass is 243 g/mol. The number of carboxylic acids is 1. The largest absolute Gasteiger partial charge is 0.480 e. The van der Waals surface area contributed by atoms with Crippen LogP contribution in [0.5, 0.6) is 0 Å². The van der Waals surface area contributed by atoms with Gasteiger partial charge in [0.25, 0.3) is 0 Å². The highest BCUT2D eigenvalue weighted by atomic mass is 35.5. The maximum absolute atomic E-state index is 10.7. The summed E-state index contributed by atoms with van der Waals surface area (Å²) in [4.78, 5) is 10.7. The van der Waals surface area contributed by atoms with E-state index in [1.165, 1.54) is 18.9 Å². The highest BCUT2D eigenvalue weighted by molar-refractivity contribution is 6.31. The number of carboxylic acid groups (broad SMARTS) is 1. The maximum atomic E-state index is 10.7. The van der Waals surface area contributed by atoms with E-state index in [-0.39, 0.29) is 5.76 Å². The number of hydrogen-bond acceptors (Lipinski definition) is 3. The fraction of sp³-hybridized carbons (Fsp3) is 0.545. The molecule has 1 fully saturated rings. The van der Waals surface area contributed by atoms with Crippen molar-refractivity contribution in [3.05, 3.63) is 22.6 Å². The molecule has 0 spiro atoms. The molecule has 1 aromatic rings. The lowest BCUT2D eigenvalue weighted by Crippen LogP contribution is -2.19. The molecule has 1 saturated carbocycles. The van der Waals surface area contributed by atoms with E-state index < -0.39 is 12.0 Å². The van der Waals surface area contributed by atoms with Gasteiger partial charge in [0.1, 0.15) is 11.5 Å². The number of halogens is 1. The summed E-state index contributed by atoms with van der Waals surface area (Å²) in [5, 5.41) is 9.27. The molecular weight excluding hydrogens is 230 g/mol. The molecular formula is C11H14ClNO3. The third-order valence-electron chi connectivity index (χ3n) is 3.03. The van der Waals surface area contributed by atoms with Crippen LogP contribution in [0.3, 0.4) is 0 Å². The van der Waals surface area contributed by atoms with E-state index in [1.807, 2.05) is 0 Å². The van der Waals surface area contributed by atoms with Gasteiger partial charge in [-0.1, -0.05) is 24.4 Å². The highest BCUT2D eigenvalue weighted by Crippen LogP contribution is 2.39. The van der Waals surface area contributed by atoms with Gasteiger partial charge in [-0.05, 0) is 12.8 Å². The molecule has 0 bridgehead atoms. The van der Waals surface area contributed by atoms with E-state index >= 15 is 0 Å². The smallest absolute Gasteiger partial charge is 0.328 e. The van der Waals surface area contributed by atoms with Gasteiger partial charge in [-0.25, -0.2) is 0 Å². The van der Waals surface area contributed by atoms with E-state index in [0.29, 0.717) is 16.7 Å². The number of carbonyl (C=O) groups is 1. The highest BCUT2D eigenvalue weighted by Gasteiger charge is 2.26. The Hall–Kier alpha value is -1.00. The topological polar surface area (TPSA) is 76.5 Å². The number of aliphatic carboxylic acids is 1. The molecule has 1 aliphatic carbocycles. The van der Waals surface area contributed by atoms with Crippen LogP contribution in [0.15, 0.2) is 10.5 Å². The van der Waals surface area contributed by atoms with Gasteiger partial charge in [0, 0.05) is 12.0 Å². The van der Waals surface area contributed by atoms with Gasteiger partial charge in [-0.2, -0.15) is 0 Å². The second-order valence-corrected chi connectivity index (χ2v) is 4.57. The summed E-state index contributed by atoms with van der Waals surface area (Å²) in [5.74, 6) is 0.149. The fourth-order valence-electron chi connectivity index (χ4n) is 2.14. The van der Waals surface area contributed by atoms with Gasteiger partial charge in [0.2, 0.25) is 0 Å². The van der Waals surface area contributed by atoms with Gasteiger partial charge in [-0.3, -0.25) is 4.79 Å². The van der Waals surface area contributed by atoms with Crippen LogP contribution in [-0.2, 0) is 4.79 Å². The van der Waals surface area contributed by atoms with E-state index in [1.54, 1.807) is 0 Å². The van der Waals surface area contributed by atoms with Crippen LogP contribution in [0.2, 0.25) is 5.02 Å². The second kappa shape index (κ2) is 4.47. The van der Waals surface area contributed by atoms with E-state index in [4.69, 9.17) is 26.9 Å². The van der Waals surface area contributed by atoms with E-state index in [9.17, 15) is 4.79 Å². The zero-order valence-corrected chi connectivity index (χ0v) is 9.54. The maximum Gasteiger partial charge on any atom is 0.328 e. The molecule has 1 aliphatic rings. The van der Waals surface area contributed by atoms with Crippen LogP contribution < -0.4 is 5.73 Å². The third-order valence-corrected chi connectivity index (χ3v) is 3.33. The lowest BCUT2D eigenvalue weighted by molar-refractivity contribution is -0.139. The Bertz CT molecular complexity index is 396. The third kappa shape index (κ3) is 2.08. The normalized spacial score (nSPS) is 18.9. The van der Waals surface area contributed by atoms with Crippen LogP contribution in [0.1, 0.15) is 49.2 Å². The molecule has 1 unspecified atom stereocenters. The first kappa shape index (κ1) is 11.5. The van der Waals surface area contributed by atoms with Crippen molar-refractivity contribution in [2.24, 2.45) is 5.73 Å². The molecule has 0 amide bonds. The Morgan fingerprint density at radius 3 is 2.75 bits per heavy atom. The average Bonchev–Trinajstić information content (AvgIpc) is 2.84. The van der Waals surface area contributed by atoms with Gasteiger partial charge in [0.15, 0.2) is 6.04 Å². The molecule has 5 heteroatoms. The predicted molar refractivity (Wildman–Crippen MR) is 59.5 cm³/mol. The van der Waals surface area contributed by atoms with Crippen LogP contribution >= 0.6 is 11.6 Å². The molecule has 88 valence electrons. The summed E-state index contributed by atoms with van der Waals surface area (Å²) in [6.45, 7) is 0. The van der Waals surface area contributed by atoms with Crippen molar-refractivity contribution in [3.63, 3.8) is 0 Å². The summed E-state index contributed by atoms with van der Waals surface area (Å²) in [5.41, 5.74) is 5.47. The number of nitrogens with two attached hydrogens (primary N) is 1.